The van der Waals surface area contributed by atoms with Crippen molar-refractivity contribution in [2.24, 2.45) is 0 Å². The number of nitrogens with zero attached hydrogens (tertiary/aromatic N) is 4. The zero-order chi connectivity index (χ0) is 19.5. The van der Waals surface area contributed by atoms with Gasteiger partial charge >= 0.3 is 0 Å². The molecule has 0 saturated carbocycles. The highest BCUT2D eigenvalue weighted by Crippen LogP contribution is 2.30. The normalized spacial score (nSPS) is 11.9. The van der Waals surface area contributed by atoms with Crippen LogP contribution >= 0.6 is 0 Å². The van der Waals surface area contributed by atoms with E-state index in [2.05, 4.69) is 11.5 Å². The summed E-state index contributed by atoms with van der Waals surface area (Å²) in [5, 5.41) is 1.19. The number of aryl methyl sites for hydroxylation is 1. The summed E-state index contributed by atoms with van der Waals surface area (Å²) >= 11 is 0. The minimum Gasteiger partial charge on any atom is -0.461 e. The Morgan fingerprint density at radius 2 is 1.69 bits per heavy atom. The molecule has 0 bridgehead atoms. The van der Waals surface area contributed by atoms with E-state index in [1.807, 2.05) is 65.1 Å². The maximum atomic E-state index is 13.5. The van der Waals surface area contributed by atoms with Crippen LogP contribution in [0.4, 0.5) is 0 Å². The van der Waals surface area contributed by atoms with Gasteiger partial charge in [-0.25, -0.2) is 9.97 Å². The van der Waals surface area contributed by atoms with Crippen molar-refractivity contribution in [2.45, 2.75) is 13.5 Å². The number of pyridine rings is 1. The summed E-state index contributed by atoms with van der Waals surface area (Å²) in [5.74, 6) is 1.26. The van der Waals surface area contributed by atoms with Gasteiger partial charge < -0.3 is 8.98 Å². The number of para-hydroxylation sites is 3. The Hall–Kier alpha value is -3.93. The zero-order valence-corrected chi connectivity index (χ0v) is 15.7. The van der Waals surface area contributed by atoms with Gasteiger partial charge in [0.15, 0.2) is 22.9 Å². The molecule has 0 unspecified atom stereocenters. The van der Waals surface area contributed by atoms with Crippen LogP contribution in [0.1, 0.15) is 6.92 Å². The maximum absolute atomic E-state index is 13.5. The molecule has 6 aromatic rings. The molecule has 0 atom stereocenters. The molecule has 2 aromatic carbocycles. The highest BCUT2D eigenvalue weighted by atomic mass is 16.3. The van der Waals surface area contributed by atoms with Crippen molar-refractivity contribution < 1.29 is 4.42 Å². The van der Waals surface area contributed by atoms with Crippen LogP contribution in [0.25, 0.3) is 50.2 Å². The second-order valence-electron chi connectivity index (χ2n) is 6.96. The SMILES string of the molecule is CCn1c2ccccc2c(=O)c2c1nc(-c1ccco1)n1c3ccccc3nc21. The van der Waals surface area contributed by atoms with E-state index in [-0.39, 0.29) is 5.43 Å². The monoisotopic (exact) mass is 380 g/mol. The van der Waals surface area contributed by atoms with E-state index in [9.17, 15) is 4.79 Å². The van der Waals surface area contributed by atoms with Gasteiger partial charge in [0, 0.05) is 11.9 Å². The third kappa shape index (κ3) is 2.08. The lowest BCUT2D eigenvalue weighted by Crippen LogP contribution is -2.14. The average Bonchev–Trinajstić information content (AvgIpc) is 3.42. The molecule has 0 spiro atoms. The van der Waals surface area contributed by atoms with Gasteiger partial charge in [-0.1, -0.05) is 24.3 Å². The molecule has 29 heavy (non-hydrogen) atoms. The number of aromatic nitrogens is 4. The van der Waals surface area contributed by atoms with Crippen molar-refractivity contribution in [2.75, 3.05) is 0 Å². The standard InChI is InChI=1S/C23H16N4O2/c1-2-26-16-10-5-3-8-14(16)20(28)19-22(26)25-21(18-12-7-13-29-18)27-17-11-6-4-9-15(17)24-23(19)27/h3-13H,2H2,1H3. The molecule has 0 saturated heterocycles. The molecule has 0 aliphatic rings. The first-order valence-corrected chi connectivity index (χ1v) is 9.54. The van der Waals surface area contributed by atoms with Crippen LogP contribution in [0.3, 0.4) is 0 Å². The molecular weight excluding hydrogens is 364 g/mol. The summed E-state index contributed by atoms with van der Waals surface area (Å²) < 4.78 is 9.68. The third-order valence-electron chi connectivity index (χ3n) is 5.41. The summed E-state index contributed by atoms with van der Waals surface area (Å²) in [6.07, 6.45) is 1.62. The average molecular weight is 380 g/mol. The molecular formula is C23H16N4O2. The fourth-order valence-electron chi connectivity index (χ4n) is 4.15. The number of imidazole rings is 1. The third-order valence-corrected chi connectivity index (χ3v) is 5.41. The molecule has 0 aliphatic heterocycles. The van der Waals surface area contributed by atoms with E-state index in [0.29, 0.717) is 40.2 Å². The van der Waals surface area contributed by atoms with Gasteiger partial charge in [0.1, 0.15) is 5.39 Å². The lowest BCUT2D eigenvalue weighted by molar-refractivity contribution is 0.576. The molecule has 4 heterocycles. The summed E-state index contributed by atoms with van der Waals surface area (Å²) in [4.78, 5) is 23.3. The number of hydrogen-bond acceptors (Lipinski definition) is 4. The Bertz CT molecular complexity index is 1610. The van der Waals surface area contributed by atoms with E-state index in [1.165, 1.54) is 0 Å². The van der Waals surface area contributed by atoms with Gasteiger partial charge in [-0.3, -0.25) is 9.20 Å². The summed E-state index contributed by atoms with van der Waals surface area (Å²) in [5.41, 5.74) is 3.72. The van der Waals surface area contributed by atoms with Gasteiger partial charge in [0.05, 0.1) is 22.8 Å². The van der Waals surface area contributed by atoms with Crippen LogP contribution < -0.4 is 5.43 Å². The van der Waals surface area contributed by atoms with Crippen LogP contribution in [0.15, 0.2) is 76.1 Å². The van der Waals surface area contributed by atoms with E-state index in [4.69, 9.17) is 14.4 Å². The number of benzene rings is 2. The van der Waals surface area contributed by atoms with E-state index in [0.717, 1.165) is 16.6 Å². The Morgan fingerprint density at radius 3 is 2.48 bits per heavy atom. The molecule has 6 rings (SSSR count). The fraction of sp³-hybridized carbons (Fsp3) is 0.0870. The fourth-order valence-corrected chi connectivity index (χ4v) is 4.15. The van der Waals surface area contributed by atoms with Crippen molar-refractivity contribution in [1.29, 1.82) is 0 Å². The largest absolute Gasteiger partial charge is 0.461 e. The van der Waals surface area contributed by atoms with Gasteiger partial charge in [-0.05, 0) is 43.3 Å². The van der Waals surface area contributed by atoms with Gasteiger partial charge in [-0.15, -0.1) is 0 Å². The van der Waals surface area contributed by atoms with Gasteiger partial charge in [0.2, 0.25) is 5.43 Å². The lowest BCUT2D eigenvalue weighted by atomic mass is 10.1. The second-order valence-corrected chi connectivity index (χ2v) is 6.96. The molecule has 6 nitrogen and oxygen atoms in total. The summed E-state index contributed by atoms with van der Waals surface area (Å²) in [6, 6.07) is 19.2. The molecule has 0 radical (unpaired) electrons. The Morgan fingerprint density at radius 1 is 0.897 bits per heavy atom. The van der Waals surface area contributed by atoms with Gasteiger partial charge in [-0.2, -0.15) is 0 Å². The van der Waals surface area contributed by atoms with E-state index >= 15 is 0 Å². The van der Waals surface area contributed by atoms with Crippen LogP contribution in [0, 0.1) is 0 Å². The van der Waals surface area contributed by atoms with E-state index < -0.39 is 0 Å². The first-order valence-electron chi connectivity index (χ1n) is 9.54. The highest BCUT2D eigenvalue weighted by molar-refractivity contribution is 6.02. The number of hydrogen-bond donors (Lipinski definition) is 0. The van der Waals surface area contributed by atoms with Crippen molar-refractivity contribution in [3.05, 3.63) is 77.2 Å². The molecule has 0 fully saturated rings. The van der Waals surface area contributed by atoms with Crippen molar-refractivity contribution in [3.8, 4) is 11.6 Å². The second kappa shape index (κ2) is 5.78. The predicted octanol–water partition coefficient (Wildman–Crippen LogP) is 4.63. The number of rotatable bonds is 2. The molecule has 4 aromatic heterocycles. The Labute approximate surface area is 164 Å². The van der Waals surface area contributed by atoms with Crippen LogP contribution in [-0.4, -0.2) is 18.9 Å². The summed E-state index contributed by atoms with van der Waals surface area (Å²) in [7, 11) is 0. The molecule has 0 N–H and O–H groups in total. The van der Waals surface area contributed by atoms with Crippen LogP contribution in [-0.2, 0) is 6.54 Å². The zero-order valence-electron chi connectivity index (χ0n) is 15.7. The quantitative estimate of drug-likeness (QED) is 0.411. The first kappa shape index (κ1) is 16.1. The minimum atomic E-state index is -0.0564. The first-order chi connectivity index (χ1) is 14.3. The molecule has 140 valence electrons. The van der Waals surface area contributed by atoms with Gasteiger partial charge in [0.25, 0.3) is 0 Å². The smallest absolute Gasteiger partial charge is 0.202 e. The minimum absolute atomic E-state index is 0.0564. The van der Waals surface area contributed by atoms with Crippen molar-refractivity contribution in [1.82, 2.24) is 18.9 Å². The van der Waals surface area contributed by atoms with Crippen molar-refractivity contribution in [3.63, 3.8) is 0 Å². The Kier molecular flexibility index (Phi) is 3.20. The van der Waals surface area contributed by atoms with Crippen LogP contribution in [0.5, 0.6) is 0 Å². The number of fused-ring (bicyclic) bond motifs is 6. The highest BCUT2D eigenvalue weighted by Gasteiger charge is 2.21. The van der Waals surface area contributed by atoms with Crippen LogP contribution in [0.2, 0.25) is 0 Å². The predicted molar refractivity (Wildman–Crippen MR) is 113 cm³/mol. The van der Waals surface area contributed by atoms with Crippen molar-refractivity contribution >= 4 is 38.6 Å². The topological polar surface area (TPSA) is 65.3 Å². The Balaban J connectivity index is 1.97. The summed E-state index contributed by atoms with van der Waals surface area (Å²) in [6.45, 7) is 2.73. The molecule has 0 aliphatic carbocycles. The number of furan rings is 1. The maximum Gasteiger partial charge on any atom is 0.202 e. The molecule has 6 heteroatoms. The lowest BCUT2D eigenvalue weighted by Gasteiger charge is -2.14. The molecule has 0 amide bonds. The van der Waals surface area contributed by atoms with E-state index in [1.54, 1.807) is 6.26 Å².